The molecule has 1 N–H and O–H groups in total. The first-order chi connectivity index (χ1) is 13.4. The highest BCUT2D eigenvalue weighted by molar-refractivity contribution is 5.96. The second kappa shape index (κ2) is 5.23. The van der Waals surface area contributed by atoms with Gasteiger partial charge in [0.25, 0.3) is 0 Å². The second-order valence-corrected chi connectivity index (χ2v) is 9.13. The Morgan fingerprint density at radius 3 is 2.04 bits per heavy atom. The summed E-state index contributed by atoms with van der Waals surface area (Å²) < 4.78 is 12.7. The van der Waals surface area contributed by atoms with Gasteiger partial charge in [-0.05, 0) is 11.1 Å². The Morgan fingerprint density at radius 1 is 1.00 bits per heavy atom. The smallest absolute Gasteiger partial charge is 0.348 e. The summed E-state index contributed by atoms with van der Waals surface area (Å²) in [6.07, 6.45) is 2.01. The predicted molar refractivity (Wildman–Crippen MR) is 102 cm³/mol. The molecule has 1 aliphatic carbocycles. The highest BCUT2D eigenvalue weighted by Crippen LogP contribution is 2.53. The number of likely N-dealkylation sites (N-methyl/N-ethyl adjacent to an activating group) is 1. The zero-order chi connectivity index (χ0) is 19.3. The molecule has 5 heteroatoms. The average molecular weight is 378 g/mol. The molecule has 6 rings (SSSR count). The van der Waals surface area contributed by atoms with E-state index in [2.05, 4.69) is 14.1 Å². The summed E-state index contributed by atoms with van der Waals surface area (Å²) in [5, 5.41) is 11.6. The van der Waals surface area contributed by atoms with Crippen molar-refractivity contribution in [3.8, 4) is 11.1 Å². The number of quaternary nitrogens is 1. The molecule has 0 aromatic heterocycles. The van der Waals surface area contributed by atoms with Gasteiger partial charge in [-0.15, -0.1) is 0 Å². The van der Waals surface area contributed by atoms with Crippen LogP contribution < -0.4 is 0 Å². The number of hydrogen-bond acceptors (Lipinski definition) is 4. The molecular formula is C23H24NO4+. The number of rotatable bonds is 2. The zero-order valence-corrected chi connectivity index (χ0v) is 16.0. The van der Waals surface area contributed by atoms with Crippen molar-refractivity contribution in [1.29, 1.82) is 0 Å². The molecule has 3 saturated heterocycles. The van der Waals surface area contributed by atoms with Crippen LogP contribution >= 0.6 is 0 Å². The second-order valence-electron chi connectivity index (χ2n) is 9.13. The van der Waals surface area contributed by atoms with Gasteiger partial charge < -0.3 is 19.1 Å². The van der Waals surface area contributed by atoms with Crippen molar-refractivity contribution in [2.24, 2.45) is 0 Å². The number of fused-ring (bicyclic) bond motifs is 8. The number of piperidine rings is 1. The molecule has 4 aliphatic rings. The monoisotopic (exact) mass is 378 g/mol. The number of morpholine rings is 1. The van der Waals surface area contributed by atoms with E-state index in [4.69, 9.17) is 9.47 Å². The molecule has 2 aromatic carbocycles. The van der Waals surface area contributed by atoms with Crippen molar-refractivity contribution in [3.05, 3.63) is 59.7 Å². The maximum Gasteiger partial charge on any atom is 0.348 e. The van der Waals surface area contributed by atoms with E-state index in [-0.39, 0.29) is 6.10 Å². The molecule has 28 heavy (non-hydrogen) atoms. The third-order valence-electron chi connectivity index (χ3n) is 7.53. The molecule has 3 heterocycles. The Kier molecular flexibility index (Phi) is 3.12. The summed E-state index contributed by atoms with van der Waals surface area (Å²) in [5.41, 5.74) is 1.28. The number of hydrogen-bond donors (Lipinski definition) is 1. The minimum Gasteiger partial charge on any atom is -0.459 e. The first kappa shape index (κ1) is 16.7. The van der Waals surface area contributed by atoms with Crippen LogP contribution in [0.4, 0.5) is 0 Å². The minimum absolute atomic E-state index is 0.172. The number of ether oxygens (including phenoxy) is 2. The van der Waals surface area contributed by atoms with Crippen molar-refractivity contribution >= 4 is 5.97 Å². The number of benzene rings is 2. The molecule has 2 bridgehead atoms. The van der Waals surface area contributed by atoms with Crippen molar-refractivity contribution in [3.63, 3.8) is 0 Å². The van der Waals surface area contributed by atoms with Gasteiger partial charge in [0.1, 0.15) is 30.4 Å². The van der Waals surface area contributed by atoms with Crippen LogP contribution in [-0.2, 0) is 19.9 Å². The molecule has 2 aromatic rings. The lowest BCUT2D eigenvalue weighted by Crippen LogP contribution is -2.60. The molecular weight excluding hydrogens is 354 g/mol. The average Bonchev–Trinajstić information content (AvgIpc) is 3.40. The van der Waals surface area contributed by atoms with Gasteiger partial charge in [0.15, 0.2) is 0 Å². The maximum atomic E-state index is 13.3. The van der Waals surface area contributed by atoms with E-state index in [1.165, 1.54) is 0 Å². The normalized spacial score (nSPS) is 34.9. The van der Waals surface area contributed by atoms with E-state index in [9.17, 15) is 9.90 Å². The third kappa shape index (κ3) is 1.94. The van der Waals surface area contributed by atoms with E-state index < -0.39 is 11.6 Å². The van der Waals surface area contributed by atoms with Gasteiger partial charge in [-0.2, -0.15) is 0 Å². The van der Waals surface area contributed by atoms with Crippen LogP contribution in [0.15, 0.2) is 48.5 Å². The highest BCUT2D eigenvalue weighted by Gasteiger charge is 2.71. The lowest BCUT2D eigenvalue weighted by molar-refractivity contribution is -0.938. The Hall–Kier alpha value is -2.21. The Bertz CT molecular complexity index is 934. The summed E-state index contributed by atoms with van der Waals surface area (Å²) in [6, 6.07) is 15.8. The Morgan fingerprint density at radius 2 is 1.50 bits per heavy atom. The standard InChI is InChI=1S/C23H24NO4/c1-24(2)18-11-13(12-19(24)21-20(18)28-21)27-22(25)23(26)16-9-5-3-7-14(16)15-8-4-6-10-17(15)23/h3-10,13,18-21,26H,11-12H2,1-2H3/q+1/t13?,18?,19?,20-,21?/m0/s1. The summed E-state index contributed by atoms with van der Waals surface area (Å²) in [4.78, 5) is 13.3. The molecule has 0 radical (unpaired) electrons. The van der Waals surface area contributed by atoms with E-state index in [1.807, 2.05) is 48.5 Å². The van der Waals surface area contributed by atoms with Crippen molar-refractivity contribution in [2.45, 2.75) is 48.8 Å². The molecule has 5 nitrogen and oxygen atoms in total. The first-order valence-electron chi connectivity index (χ1n) is 10.0. The number of aliphatic hydroxyl groups is 1. The van der Waals surface area contributed by atoms with E-state index >= 15 is 0 Å². The van der Waals surface area contributed by atoms with Gasteiger partial charge in [0, 0.05) is 24.0 Å². The van der Waals surface area contributed by atoms with Crippen molar-refractivity contribution < 1.29 is 23.9 Å². The van der Waals surface area contributed by atoms with Gasteiger partial charge in [-0.25, -0.2) is 4.79 Å². The quantitative estimate of drug-likeness (QED) is 0.495. The lowest BCUT2D eigenvalue weighted by Gasteiger charge is -2.45. The Labute approximate surface area is 164 Å². The van der Waals surface area contributed by atoms with Crippen LogP contribution in [0.3, 0.4) is 0 Å². The minimum atomic E-state index is -1.74. The van der Waals surface area contributed by atoms with Crippen LogP contribution in [0, 0.1) is 0 Å². The number of carbonyl (C=O) groups excluding carboxylic acids is 1. The predicted octanol–water partition coefficient (Wildman–Crippen LogP) is 2.20. The number of epoxide rings is 1. The maximum absolute atomic E-state index is 13.3. The molecule has 4 unspecified atom stereocenters. The zero-order valence-electron chi connectivity index (χ0n) is 16.0. The van der Waals surface area contributed by atoms with E-state index in [0.29, 0.717) is 35.4 Å². The largest absolute Gasteiger partial charge is 0.459 e. The van der Waals surface area contributed by atoms with Crippen LogP contribution in [-0.4, -0.2) is 60.0 Å². The molecule has 0 saturated carbocycles. The molecule has 5 atom stereocenters. The fourth-order valence-electron chi connectivity index (χ4n) is 5.97. The molecule has 0 spiro atoms. The van der Waals surface area contributed by atoms with Crippen LogP contribution in [0.5, 0.6) is 0 Å². The number of esters is 1. The SMILES string of the molecule is C[N+]1(C)C2CC(OC(=O)C3(O)c4ccccc4-c4ccccc43)CC1[C@@H]1OC21. The molecule has 144 valence electrons. The fourth-order valence-corrected chi connectivity index (χ4v) is 5.97. The van der Waals surface area contributed by atoms with E-state index in [1.54, 1.807) is 0 Å². The van der Waals surface area contributed by atoms with Gasteiger partial charge in [-0.3, -0.25) is 0 Å². The van der Waals surface area contributed by atoms with Gasteiger partial charge in [0.05, 0.1) is 14.1 Å². The summed E-state index contributed by atoms with van der Waals surface area (Å²) >= 11 is 0. The van der Waals surface area contributed by atoms with Crippen LogP contribution in [0.2, 0.25) is 0 Å². The third-order valence-corrected chi connectivity index (χ3v) is 7.53. The molecule has 0 amide bonds. The number of carbonyl (C=O) groups is 1. The van der Waals surface area contributed by atoms with Crippen molar-refractivity contribution in [1.82, 2.24) is 0 Å². The fraction of sp³-hybridized carbons (Fsp3) is 0.435. The van der Waals surface area contributed by atoms with E-state index in [0.717, 1.165) is 28.5 Å². The highest BCUT2D eigenvalue weighted by atomic mass is 16.6. The molecule has 3 aliphatic heterocycles. The lowest BCUT2D eigenvalue weighted by atomic mass is 9.91. The first-order valence-corrected chi connectivity index (χ1v) is 10.0. The van der Waals surface area contributed by atoms with Crippen LogP contribution in [0.25, 0.3) is 11.1 Å². The van der Waals surface area contributed by atoms with Gasteiger partial charge in [0.2, 0.25) is 5.60 Å². The van der Waals surface area contributed by atoms with Gasteiger partial charge in [-0.1, -0.05) is 48.5 Å². The topological polar surface area (TPSA) is 59.1 Å². The van der Waals surface area contributed by atoms with Gasteiger partial charge >= 0.3 is 5.97 Å². The summed E-state index contributed by atoms with van der Waals surface area (Å²) in [7, 11) is 4.50. The summed E-state index contributed by atoms with van der Waals surface area (Å²) in [5.74, 6) is -0.559. The van der Waals surface area contributed by atoms with Crippen molar-refractivity contribution in [2.75, 3.05) is 14.1 Å². The van der Waals surface area contributed by atoms with Crippen LogP contribution in [0.1, 0.15) is 24.0 Å². The molecule has 3 fully saturated rings. The summed E-state index contributed by atoms with van der Waals surface area (Å²) in [6.45, 7) is 0. The number of nitrogens with zero attached hydrogens (tertiary/aromatic N) is 1. The Balaban J connectivity index is 1.33.